The summed E-state index contributed by atoms with van der Waals surface area (Å²) in [5, 5.41) is 23.0. The monoisotopic (exact) mass is 258 g/mol. The number of aliphatic hydroxyl groups excluding tert-OH is 1. The molecule has 0 aliphatic rings. The Morgan fingerprint density at radius 1 is 1.59 bits per heavy atom. The maximum absolute atomic E-state index is 10.8. The van der Waals surface area contributed by atoms with Crippen LogP contribution in [0.1, 0.15) is 18.9 Å². The van der Waals surface area contributed by atoms with Gasteiger partial charge >= 0.3 is 0 Å². The van der Waals surface area contributed by atoms with E-state index in [0.29, 0.717) is 23.6 Å². The first-order chi connectivity index (χ1) is 8.06. The third-order valence-electron chi connectivity index (χ3n) is 2.48. The largest absolute Gasteiger partial charge is 0.396 e. The van der Waals surface area contributed by atoms with Crippen LogP contribution in [0.3, 0.4) is 0 Å². The first-order valence-corrected chi connectivity index (χ1v) is 5.70. The Kier molecular flexibility index (Phi) is 5.34. The minimum Gasteiger partial charge on any atom is -0.396 e. The quantitative estimate of drug-likeness (QED) is 0.605. The molecule has 5 nitrogen and oxygen atoms in total. The van der Waals surface area contributed by atoms with Gasteiger partial charge in [0.05, 0.1) is 15.5 Å². The van der Waals surface area contributed by atoms with Crippen molar-refractivity contribution in [3.8, 4) is 0 Å². The molecule has 17 heavy (non-hydrogen) atoms. The third-order valence-corrected chi connectivity index (χ3v) is 2.83. The van der Waals surface area contributed by atoms with Crippen molar-refractivity contribution in [2.24, 2.45) is 0 Å². The fourth-order valence-corrected chi connectivity index (χ4v) is 1.70. The lowest BCUT2D eigenvalue weighted by Gasteiger charge is -2.13. The number of hydrogen-bond donors (Lipinski definition) is 2. The molecule has 0 saturated heterocycles. The van der Waals surface area contributed by atoms with E-state index in [4.69, 9.17) is 16.7 Å². The lowest BCUT2D eigenvalue weighted by atomic mass is 10.1. The van der Waals surface area contributed by atoms with Crippen molar-refractivity contribution in [3.05, 3.63) is 38.9 Å². The van der Waals surface area contributed by atoms with Gasteiger partial charge in [-0.1, -0.05) is 17.7 Å². The zero-order valence-electron chi connectivity index (χ0n) is 9.52. The molecule has 0 fully saturated rings. The number of benzene rings is 1. The van der Waals surface area contributed by atoms with E-state index >= 15 is 0 Å². The van der Waals surface area contributed by atoms with Crippen molar-refractivity contribution in [2.75, 3.05) is 6.61 Å². The van der Waals surface area contributed by atoms with E-state index in [0.717, 1.165) is 0 Å². The highest BCUT2D eigenvalue weighted by molar-refractivity contribution is 6.31. The lowest BCUT2D eigenvalue weighted by molar-refractivity contribution is -0.385. The summed E-state index contributed by atoms with van der Waals surface area (Å²) in [6.45, 7) is 2.30. The minimum atomic E-state index is -0.445. The van der Waals surface area contributed by atoms with Crippen molar-refractivity contribution in [1.82, 2.24) is 5.32 Å². The zero-order valence-corrected chi connectivity index (χ0v) is 10.3. The summed E-state index contributed by atoms with van der Waals surface area (Å²) in [4.78, 5) is 10.4. The molecule has 1 aromatic rings. The Bertz CT molecular complexity index is 398. The number of halogens is 1. The standard InChI is InChI=1S/C11H15ClN2O3/c1-8(5-6-15)13-7-9-10(12)3-2-4-11(9)14(16)17/h2-4,8,13,15H,5-7H2,1H3. The number of nitrogens with zero attached hydrogens (tertiary/aromatic N) is 1. The Labute approximate surface area is 105 Å². The molecule has 1 unspecified atom stereocenters. The van der Waals surface area contributed by atoms with Gasteiger partial charge < -0.3 is 10.4 Å². The molecule has 2 N–H and O–H groups in total. The summed E-state index contributed by atoms with van der Waals surface area (Å²) in [5.41, 5.74) is 0.491. The van der Waals surface area contributed by atoms with Crippen LogP contribution in [0, 0.1) is 10.1 Å². The summed E-state index contributed by atoms with van der Waals surface area (Å²) in [7, 11) is 0. The van der Waals surface area contributed by atoms with Gasteiger partial charge in [-0.3, -0.25) is 10.1 Å². The van der Waals surface area contributed by atoms with E-state index in [1.165, 1.54) is 6.07 Å². The number of hydrogen-bond acceptors (Lipinski definition) is 4. The molecule has 94 valence electrons. The number of nitrogens with one attached hydrogen (secondary N) is 1. The molecule has 0 aliphatic heterocycles. The summed E-state index contributed by atoms with van der Waals surface area (Å²) in [6, 6.07) is 4.69. The van der Waals surface area contributed by atoms with E-state index in [1.807, 2.05) is 6.92 Å². The number of nitro benzene ring substituents is 1. The van der Waals surface area contributed by atoms with Crippen LogP contribution in [0.25, 0.3) is 0 Å². The molecule has 0 aliphatic carbocycles. The molecule has 0 amide bonds. The van der Waals surface area contributed by atoms with Crippen molar-refractivity contribution < 1.29 is 10.0 Å². The molecule has 0 radical (unpaired) electrons. The smallest absolute Gasteiger partial charge is 0.275 e. The minimum absolute atomic E-state index is 0.0150. The molecule has 0 aromatic heterocycles. The van der Waals surface area contributed by atoms with Crippen LogP contribution in [0.5, 0.6) is 0 Å². The van der Waals surface area contributed by atoms with Crippen molar-refractivity contribution in [2.45, 2.75) is 25.9 Å². The summed E-state index contributed by atoms with van der Waals surface area (Å²) < 4.78 is 0. The molecule has 0 bridgehead atoms. The van der Waals surface area contributed by atoms with Gasteiger partial charge in [-0.05, 0) is 19.4 Å². The molecular formula is C11H15ClN2O3. The second-order valence-electron chi connectivity index (χ2n) is 3.79. The number of aliphatic hydroxyl groups is 1. The van der Waals surface area contributed by atoms with Crippen LogP contribution in [-0.4, -0.2) is 22.7 Å². The molecule has 1 rings (SSSR count). The highest BCUT2D eigenvalue weighted by Crippen LogP contribution is 2.25. The van der Waals surface area contributed by atoms with Crippen LogP contribution >= 0.6 is 11.6 Å². The molecular weight excluding hydrogens is 244 g/mol. The first kappa shape index (κ1) is 13.9. The normalized spacial score (nSPS) is 12.4. The van der Waals surface area contributed by atoms with Crippen molar-refractivity contribution in [3.63, 3.8) is 0 Å². The van der Waals surface area contributed by atoms with E-state index in [9.17, 15) is 10.1 Å². The Morgan fingerprint density at radius 2 is 2.29 bits per heavy atom. The van der Waals surface area contributed by atoms with E-state index in [-0.39, 0.29) is 18.3 Å². The van der Waals surface area contributed by atoms with Crippen LogP contribution in [-0.2, 0) is 6.54 Å². The lowest BCUT2D eigenvalue weighted by Crippen LogP contribution is -2.26. The van der Waals surface area contributed by atoms with Crippen LogP contribution in [0.4, 0.5) is 5.69 Å². The number of rotatable bonds is 6. The highest BCUT2D eigenvalue weighted by Gasteiger charge is 2.16. The number of nitro groups is 1. The van der Waals surface area contributed by atoms with E-state index in [1.54, 1.807) is 12.1 Å². The topological polar surface area (TPSA) is 75.4 Å². The average molecular weight is 259 g/mol. The molecule has 6 heteroatoms. The van der Waals surface area contributed by atoms with Gasteiger partial charge in [-0.2, -0.15) is 0 Å². The Hall–Kier alpha value is -1.17. The predicted molar refractivity (Wildman–Crippen MR) is 66.1 cm³/mol. The van der Waals surface area contributed by atoms with Crippen molar-refractivity contribution >= 4 is 17.3 Å². The zero-order chi connectivity index (χ0) is 12.8. The Morgan fingerprint density at radius 3 is 2.88 bits per heavy atom. The molecule has 1 aromatic carbocycles. The summed E-state index contributed by atoms with van der Waals surface area (Å²) >= 11 is 5.94. The van der Waals surface area contributed by atoms with Crippen LogP contribution in [0.15, 0.2) is 18.2 Å². The maximum Gasteiger partial charge on any atom is 0.275 e. The van der Waals surface area contributed by atoms with Gasteiger partial charge in [0.2, 0.25) is 0 Å². The molecule has 1 atom stereocenters. The SMILES string of the molecule is CC(CCO)NCc1c(Cl)cccc1[N+](=O)[O-]. The fraction of sp³-hybridized carbons (Fsp3) is 0.455. The summed E-state index contributed by atoms with van der Waals surface area (Å²) in [5.74, 6) is 0. The van der Waals surface area contributed by atoms with Gasteiger partial charge in [0.1, 0.15) is 0 Å². The third kappa shape index (κ3) is 3.96. The van der Waals surface area contributed by atoms with Gasteiger partial charge in [-0.15, -0.1) is 0 Å². The molecule has 0 saturated carbocycles. The second-order valence-corrected chi connectivity index (χ2v) is 4.20. The van der Waals surface area contributed by atoms with E-state index < -0.39 is 4.92 Å². The van der Waals surface area contributed by atoms with Gasteiger partial charge in [-0.25, -0.2) is 0 Å². The average Bonchev–Trinajstić information content (AvgIpc) is 2.27. The van der Waals surface area contributed by atoms with Crippen LogP contribution in [0.2, 0.25) is 5.02 Å². The highest BCUT2D eigenvalue weighted by atomic mass is 35.5. The Balaban J connectivity index is 2.79. The molecule has 0 spiro atoms. The van der Waals surface area contributed by atoms with Gasteiger partial charge in [0.25, 0.3) is 5.69 Å². The maximum atomic E-state index is 10.8. The fourth-order valence-electron chi connectivity index (χ4n) is 1.47. The van der Waals surface area contributed by atoms with Crippen molar-refractivity contribution in [1.29, 1.82) is 0 Å². The predicted octanol–water partition coefficient (Wildman–Crippen LogP) is 2.11. The second kappa shape index (κ2) is 6.54. The van der Waals surface area contributed by atoms with Crippen LogP contribution < -0.4 is 5.32 Å². The van der Waals surface area contributed by atoms with Gasteiger partial charge in [0.15, 0.2) is 0 Å². The summed E-state index contributed by atoms with van der Waals surface area (Å²) in [6.07, 6.45) is 0.595. The molecule has 0 heterocycles. The van der Waals surface area contributed by atoms with Gasteiger partial charge in [0, 0.05) is 25.3 Å². The van der Waals surface area contributed by atoms with E-state index in [2.05, 4.69) is 5.32 Å². The first-order valence-electron chi connectivity index (χ1n) is 5.32.